The van der Waals surface area contributed by atoms with E-state index in [1.54, 1.807) is 0 Å². The molecule has 180 valence electrons. The van der Waals surface area contributed by atoms with Crippen LogP contribution in [-0.2, 0) is 63.2 Å². The first kappa shape index (κ1) is 35.7. The van der Waals surface area contributed by atoms with Crippen molar-refractivity contribution in [1.82, 2.24) is 0 Å². The Labute approximate surface area is 255 Å². The summed E-state index contributed by atoms with van der Waals surface area (Å²) in [5, 5.41) is 0. The third-order valence-corrected chi connectivity index (χ3v) is 4.57. The third-order valence-electron chi connectivity index (χ3n) is 4.57. The molecule has 0 atom stereocenters. The van der Waals surface area contributed by atoms with Gasteiger partial charge in [-0.15, -0.1) is 24.3 Å². The summed E-state index contributed by atoms with van der Waals surface area (Å²) in [4.78, 5) is 4.36. The minimum absolute atomic E-state index is 0. The van der Waals surface area contributed by atoms with Crippen molar-refractivity contribution in [3.05, 3.63) is 121 Å². The Morgan fingerprint density at radius 3 is 0.857 bits per heavy atom. The molecule has 0 aliphatic rings. The van der Waals surface area contributed by atoms with Gasteiger partial charge >= 0.3 is 42.1 Å². The van der Waals surface area contributed by atoms with Crippen molar-refractivity contribution in [2.24, 2.45) is 0 Å². The van der Waals surface area contributed by atoms with Crippen molar-refractivity contribution in [3.8, 4) is 0 Å². The fourth-order valence-electron chi connectivity index (χ4n) is 3.15. The summed E-state index contributed by atoms with van der Waals surface area (Å²) in [5.74, 6) is 0. The summed E-state index contributed by atoms with van der Waals surface area (Å²) >= 11 is 0. The number of para-hydroxylation sites is 4. The van der Waals surface area contributed by atoms with Gasteiger partial charge in [-0.2, -0.15) is 97.1 Å². The van der Waals surface area contributed by atoms with Crippen molar-refractivity contribution in [2.75, 3.05) is 22.9 Å². The van der Waals surface area contributed by atoms with Gasteiger partial charge in [-0.3, -0.25) is 0 Å². The molecule has 0 heterocycles. The zero-order valence-corrected chi connectivity index (χ0v) is 29.6. The van der Waals surface area contributed by atoms with Gasteiger partial charge in [0.15, 0.2) is 0 Å². The van der Waals surface area contributed by atoms with E-state index in [4.69, 9.17) is 0 Å². The van der Waals surface area contributed by atoms with E-state index in [1.807, 2.05) is 86.6 Å². The Hall–Kier alpha value is -1.46. The Bertz CT molecular complexity index is 807. The fourth-order valence-corrected chi connectivity index (χ4v) is 3.15. The van der Waals surface area contributed by atoms with Crippen molar-refractivity contribution in [1.29, 1.82) is 0 Å². The van der Waals surface area contributed by atoms with E-state index in [9.17, 15) is 0 Å². The van der Waals surface area contributed by atoms with E-state index in [1.165, 1.54) is 0 Å². The van der Waals surface area contributed by atoms with E-state index < -0.39 is 0 Å². The summed E-state index contributed by atoms with van der Waals surface area (Å²) in [6.45, 7) is 10.1. The molecule has 0 aliphatic heterocycles. The largest absolute Gasteiger partial charge is 2.00 e. The predicted molar refractivity (Wildman–Crippen MR) is 138 cm³/mol. The summed E-state index contributed by atoms with van der Waals surface area (Å²) in [5.41, 5.74) is 4.34. The fraction of sp³-hybridized carbons (Fsp3) is 0.200. The van der Waals surface area contributed by atoms with E-state index in [2.05, 4.69) is 72.2 Å². The molecule has 5 heteroatoms. The van der Waals surface area contributed by atoms with Gasteiger partial charge in [0.25, 0.3) is 0 Å². The molecule has 0 radical (unpaired) electrons. The molecule has 4 aromatic carbocycles. The maximum Gasteiger partial charge on any atom is 2.00 e. The third kappa shape index (κ3) is 11.9. The summed E-state index contributed by atoms with van der Waals surface area (Å²) < 4.78 is 0. The van der Waals surface area contributed by atoms with Crippen molar-refractivity contribution < 1.29 is 63.2 Å². The number of benzene rings is 4. The van der Waals surface area contributed by atoms with Gasteiger partial charge in [0.2, 0.25) is 0 Å². The average Bonchev–Trinajstić information content (AvgIpc) is 2.89. The van der Waals surface area contributed by atoms with Crippen LogP contribution in [0.25, 0.3) is 0 Å². The molecule has 2 nitrogen and oxygen atoms in total. The number of rotatable bonds is 6. The van der Waals surface area contributed by atoms with Gasteiger partial charge in [0.05, 0.1) is 0 Å². The van der Waals surface area contributed by atoms with E-state index in [0.717, 1.165) is 35.8 Å². The topological polar surface area (TPSA) is 6.48 Å². The van der Waals surface area contributed by atoms with Crippen LogP contribution in [0.1, 0.15) is 27.7 Å². The minimum Gasteiger partial charge on any atom is -0.388 e. The molecule has 0 amide bonds. The number of hydrogen-bond acceptors (Lipinski definition) is 2. The number of hydrogen-bond donors (Lipinski definition) is 0. The molecule has 35 heavy (non-hydrogen) atoms. The molecule has 0 unspecified atom stereocenters. The number of nitrogens with zero attached hydrogens (tertiary/aromatic N) is 2. The van der Waals surface area contributed by atoms with Crippen LogP contribution in [0.3, 0.4) is 0 Å². The Balaban J connectivity index is 0. The van der Waals surface area contributed by atoms with Crippen molar-refractivity contribution >= 4 is 22.7 Å². The van der Waals surface area contributed by atoms with Crippen molar-refractivity contribution in [2.45, 2.75) is 27.7 Å². The number of anilines is 4. The average molecular weight is 972 g/mol. The molecule has 0 fully saturated rings. The van der Waals surface area contributed by atoms with Crippen LogP contribution in [0.2, 0.25) is 0 Å². The van der Waals surface area contributed by atoms with Gasteiger partial charge in [-0.25, -0.2) is 0 Å². The van der Waals surface area contributed by atoms with Gasteiger partial charge in [-0.05, 0) is 13.8 Å². The monoisotopic (exact) mass is 972 g/mol. The van der Waals surface area contributed by atoms with Crippen LogP contribution in [-0.4, -0.2) is 13.1 Å². The second kappa shape index (κ2) is 21.8. The first-order valence-corrected chi connectivity index (χ1v) is 11.3. The normalized spacial score (nSPS) is 8.69. The quantitative estimate of drug-likeness (QED) is 0.182. The molecule has 0 bridgehead atoms. The SMILES string of the molecule is CC.CCN(c1[c-]cccc1)c1[c-]cccc1.CCN(c1[c-]cccc1)c1[c-]cccc1.[W+2].[W+2].[W]. The molecule has 0 N–H and O–H groups in total. The smallest absolute Gasteiger partial charge is 0.388 e. The molecule has 0 saturated heterocycles. The van der Waals surface area contributed by atoms with Crippen LogP contribution < -0.4 is 9.80 Å². The second-order valence-electron chi connectivity index (χ2n) is 6.48. The zero-order chi connectivity index (χ0) is 23.0. The molecular formula is C30H32N2W3. The summed E-state index contributed by atoms with van der Waals surface area (Å²) in [7, 11) is 0. The van der Waals surface area contributed by atoms with E-state index >= 15 is 0 Å². The molecular weight excluding hydrogens is 940 g/mol. The first-order chi connectivity index (χ1) is 15.8. The van der Waals surface area contributed by atoms with Crippen LogP contribution in [0.5, 0.6) is 0 Å². The van der Waals surface area contributed by atoms with E-state index in [0.29, 0.717) is 0 Å². The van der Waals surface area contributed by atoms with Crippen LogP contribution in [0, 0.1) is 24.3 Å². The molecule has 4 aromatic rings. The Morgan fingerprint density at radius 1 is 0.486 bits per heavy atom. The molecule has 4 rings (SSSR count). The first-order valence-electron chi connectivity index (χ1n) is 11.3. The Morgan fingerprint density at radius 2 is 0.714 bits per heavy atom. The van der Waals surface area contributed by atoms with E-state index in [-0.39, 0.29) is 63.2 Å². The van der Waals surface area contributed by atoms with Crippen molar-refractivity contribution in [3.63, 3.8) is 0 Å². The van der Waals surface area contributed by atoms with Crippen LogP contribution in [0.15, 0.2) is 97.1 Å². The molecule has 0 spiro atoms. The summed E-state index contributed by atoms with van der Waals surface area (Å²) in [6.07, 6.45) is 0. The van der Waals surface area contributed by atoms with Crippen LogP contribution >= 0.6 is 0 Å². The minimum atomic E-state index is 0. The second-order valence-corrected chi connectivity index (χ2v) is 6.48. The van der Waals surface area contributed by atoms with Crippen LogP contribution in [0.4, 0.5) is 22.7 Å². The summed E-state index contributed by atoms with van der Waals surface area (Å²) in [6, 6.07) is 44.9. The predicted octanol–water partition coefficient (Wildman–Crippen LogP) is 7.91. The Kier molecular flexibility index (Phi) is 22.2. The standard InChI is InChI=1S/2C14H13N.C2H6.3W/c2*1-2-15(13-9-5-3-6-10-13)14-11-7-4-8-12-14;1-2;;;/h2*3-9,11H,2H2,1H3;1-2H3;;;/q2*-2;;;2*+2. The molecule has 0 aliphatic carbocycles. The van der Waals surface area contributed by atoms with Gasteiger partial charge in [0.1, 0.15) is 0 Å². The zero-order valence-electron chi connectivity index (χ0n) is 20.8. The maximum atomic E-state index is 3.22. The molecule has 0 aromatic heterocycles. The van der Waals surface area contributed by atoms with Gasteiger partial charge < -0.3 is 9.80 Å². The molecule has 0 saturated carbocycles. The van der Waals surface area contributed by atoms with Gasteiger partial charge in [0, 0.05) is 34.2 Å². The van der Waals surface area contributed by atoms with Gasteiger partial charge in [-0.1, -0.05) is 36.6 Å². The maximum absolute atomic E-state index is 3.22.